The molecule has 0 saturated heterocycles. The third kappa shape index (κ3) is 3.86. The van der Waals surface area contributed by atoms with Crippen LogP contribution in [-0.4, -0.2) is 17.6 Å². The van der Waals surface area contributed by atoms with Gasteiger partial charge in [0.05, 0.1) is 17.6 Å². The van der Waals surface area contributed by atoms with Gasteiger partial charge in [0.2, 0.25) is 0 Å². The van der Waals surface area contributed by atoms with Crippen LogP contribution in [0.1, 0.15) is 40.0 Å². The summed E-state index contributed by atoms with van der Waals surface area (Å²) < 4.78 is 5.43. The Morgan fingerprint density at radius 1 is 1.33 bits per heavy atom. The van der Waals surface area contributed by atoms with E-state index in [9.17, 15) is 10.1 Å². The maximum atomic E-state index is 11.0. The lowest BCUT2D eigenvalue weighted by Gasteiger charge is -2.35. The highest BCUT2D eigenvalue weighted by atomic mass is 16.6. The fraction of sp³-hybridized carbons (Fsp3) is 0.625. The fourth-order valence-electron chi connectivity index (χ4n) is 3.02. The number of nitrogens with one attached hydrogen (secondary N) is 1. The minimum Gasteiger partial charge on any atom is -0.494 e. The maximum absolute atomic E-state index is 11.0. The van der Waals surface area contributed by atoms with Crippen LogP contribution in [0.5, 0.6) is 5.75 Å². The van der Waals surface area contributed by atoms with Crippen molar-refractivity contribution in [2.75, 3.05) is 11.9 Å². The van der Waals surface area contributed by atoms with Crippen molar-refractivity contribution in [3.63, 3.8) is 0 Å². The Labute approximate surface area is 125 Å². The number of hydrogen-bond acceptors (Lipinski definition) is 4. The van der Waals surface area contributed by atoms with E-state index in [0.717, 1.165) is 12.1 Å². The monoisotopic (exact) mass is 292 g/mol. The second-order valence-corrected chi connectivity index (χ2v) is 5.92. The van der Waals surface area contributed by atoms with Gasteiger partial charge in [-0.1, -0.05) is 26.7 Å². The summed E-state index contributed by atoms with van der Waals surface area (Å²) in [5.41, 5.74) is 0.846. The minimum atomic E-state index is -0.374. The van der Waals surface area contributed by atoms with E-state index in [1.807, 2.05) is 13.0 Å². The molecule has 0 heterocycles. The van der Waals surface area contributed by atoms with Crippen LogP contribution >= 0.6 is 0 Å². The number of anilines is 1. The van der Waals surface area contributed by atoms with E-state index >= 15 is 0 Å². The Morgan fingerprint density at radius 2 is 2.10 bits per heavy atom. The van der Waals surface area contributed by atoms with E-state index in [2.05, 4.69) is 19.2 Å². The Bertz CT molecular complexity index is 504. The molecule has 3 unspecified atom stereocenters. The highest BCUT2D eigenvalue weighted by molar-refractivity contribution is 5.57. The van der Waals surface area contributed by atoms with Crippen molar-refractivity contribution in [3.05, 3.63) is 28.3 Å². The van der Waals surface area contributed by atoms with E-state index in [4.69, 9.17) is 4.74 Å². The Kier molecular flexibility index (Phi) is 5.04. The van der Waals surface area contributed by atoms with Crippen molar-refractivity contribution in [2.24, 2.45) is 11.8 Å². The summed E-state index contributed by atoms with van der Waals surface area (Å²) in [6.45, 7) is 6.90. The van der Waals surface area contributed by atoms with Crippen LogP contribution in [-0.2, 0) is 0 Å². The molecule has 1 fully saturated rings. The Balaban J connectivity index is 2.19. The lowest BCUT2D eigenvalue weighted by Crippen LogP contribution is -2.35. The standard InChI is InChI=1S/C16H24N2O3/c1-4-21-15-9-13(8-14(10-15)18(19)20)17-16-7-5-6-11(2)12(16)3/h8-12,16-17H,4-7H2,1-3H3. The highest BCUT2D eigenvalue weighted by Crippen LogP contribution is 2.33. The van der Waals surface area contributed by atoms with Crippen LogP contribution in [0.2, 0.25) is 0 Å². The first-order valence-corrected chi connectivity index (χ1v) is 7.70. The molecular weight excluding hydrogens is 268 g/mol. The molecule has 1 saturated carbocycles. The first kappa shape index (κ1) is 15.6. The van der Waals surface area contributed by atoms with Crippen LogP contribution in [0.3, 0.4) is 0 Å². The number of non-ortho nitro benzene ring substituents is 1. The molecule has 3 atom stereocenters. The SMILES string of the molecule is CCOc1cc(NC2CCCC(C)C2C)cc([N+](=O)[O-])c1. The van der Waals surface area contributed by atoms with Gasteiger partial charge in [0.15, 0.2) is 0 Å². The van der Waals surface area contributed by atoms with Crippen LogP contribution in [0.4, 0.5) is 11.4 Å². The summed E-state index contributed by atoms with van der Waals surface area (Å²) in [5, 5.41) is 14.5. The molecule has 116 valence electrons. The van der Waals surface area contributed by atoms with E-state index in [1.54, 1.807) is 6.07 Å². The number of nitro benzene ring substituents is 1. The normalized spacial score (nSPS) is 25.4. The molecule has 0 bridgehead atoms. The summed E-state index contributed by atoms with van der Waals surface area (Å²) in [6, 6.07) is 5.28. The Hall–Kier alpha value is -1.78. The average Bonchev–Trinajstić information content (AvgIpc) is 2.44. The molecule has 0 aromatic heterocycles. The fourth-order valence-corrected chi connectivity index (χ4v) is 3.02. The van der Waals surface area contributed by atoms with E-state index in [1.165, 1.54) is 18.9 Å². The lowest BCUT2D eigenvalue weighted by atomic mass is 9.78. The van der Waals surface area contributed by atoms with Gasteiger partial charge in [-0.25, -0.2) is 0 Å². The first-order chi connectivity index (χ1) is 10.0. The summed E-state index contributed by atoms with van der Waals surface area (Å²) >= 11 is 0. The minimum absolute atomic E-state index is 0.0694. The molecule has 1 N–H and O–H groups in total. The first-order valence-electron chi connectivity index (χ1n) is 7.70. The second kappa shape index (κ2) is 6.78. The number of nitrogens with zero attached hydrogens (tertiary/aromatic N) is 1. The Morgan fingerprint density at radius 3 is 2.76 bits per heavy atom. The summed E-state index contributed by atoms with van der Waals surface area (Å²) in [4.78, 5) is 10.7. The number of ether oxygens (including phenoxy) is 1. The smallest absolute Gasteiger partial charge is 0.275 e. The highest BCUT2D eigenvalue weighted by Gasteiger charge is 2.27. The average molecular weight is 292 g/mol. The van der Waals surface area contributed by atoms with Gasteiger partial charge < -0.3 is 10.1 Å². The van der Waals surface area contributed by atoms with Gasteiger partial charge >= 0.3 is 0 Å². The largest absolute Gasteiger partial charge is 0.494 e. The molecule has 0 aliphatic heterocycles. The zero-order chi connectivity index (χ0) is 15.4. The van der Waals surface area contributed by atoms with E-state index in [0.29, 0.717) is 30.2 Å². The van der Waals surface area contributed by atoms with Crippen LogP contribution in [0.25, 0.3) is 0 Å². The van der Waals surface area contributed by atoms with E-state index < -0.39 is 0 Å². The van der Waals surface area contributed by atoms with Gasteiger partial charge in [0.25, 0.3) is 5.69 Å². The van der Waals surface area contributed by atoms with Gasteiger partial charge in [0, 0.05) is 23.9 Å². The number of rotatable bonds is 5. The summed E-state index contributed by atoms with van der Waals surface area (Å²) in [7, 11) is 0. The molecule has 0 radical (unpaired) electrons. The predicted molar refractivity (Wildman–Crippen MR) is 83.9 cm³/mol. The zero-order valence-corrected chi connectivity index (χ0v) is 13.0. The van der Waals surface area contributed by atoms with Gasteiger partial charge in [-0.3, -0.25) is 10.1 Å². The van der Waals surface area contributed by atoms with Crippen LogP contribution in [0.15, 0.2) is 18.2 Å². The topological polar surface area (TPSA) is 64.4 Å². The van der Waals surface area contributed by atoms with Crippen molar-refractivity contribution >= 4 is 11.4 Å². The van der Waals surface area contributed by atoms with Gasteiger partial charge in [-0.2, -0.15) is 0 Å². The van der Waals surface area contributed by atoms with Crippen molar-refractivity contribution in [2.45, 2.75) is 46.1 Å². The molecule has 5 heteroatoms. The van der Waals surface area contributed by atoms with E-state index in [-0.39, 0.29) is 10.6 Å². The van der Waals surface area contributed by atoms with Crippen LogP contribution < -0.4 is 10.1 Å². The number of hydrogen-bond donors (Lipinski definition) is 1. The number of benzene rings is 1. The quantitative estimate of drug-likeness (QED) is 0.651. The molecule has 21 heavy (non-hydrogen) atoms. The predicted octanol–water partition coefficient (Wildman–Crippen LogP) is 4.23. The van der Waals surface area contributed by atoms with Crippen LogP contribution in [0, 0.1) is 22.0 Å². The maximum Gasteiger partial charge on any atom is 0.275 e. The molecular formula is C16H24N2O3. The second-order valence-electron chi connectivity index (χ2n) is 5.92. The van der Waals surface area contributed by atoms with Crippen molar-refractivity contribution in [3.8, 4) is 5.75 Å². The molecule has 0 spiro atoms. The molecule has 1 aromatic carbocycles. The van der Waals surface area contributed by atoms with Gasteiger partial charge in [0.1, 0.15) is 5.75 Å². The zero-order valence-electron chi connectivity index (χ0n) is 13.0. The van der Waals surface area contributed by atoms with Crippen molar-refractivity contribution in [1.82, 2.24) is 0 Å². The van der Waals surface area contributed by atoms with Gasteiger partial charge in [-0.15, -0.1) is 0 Å². The summed E-state index contributed by atoms with van der Waals surface area (Å²) in [6.07, 6.45) is 3.58. The molecule has 1 aliphatic rings. The summed E-state index contributed by atoms with van der Waals surface area (Å²) in [5.74, 6) is 1.79. The molecule has 2 rings (SSSR count). The van der Waals surface area contributed by atoms with Crippen molar-refractivity contribution < 1.29 is 9.66 Å². The molecule has 0 amide bonds. The molecule has 1 aliphatic carbocycles. The lowest BCUT2D eigenvalue weighted by molar-refractivity contribution is -0.384. The molecule has 5 nitrogen and oxygen atoms in total. The van der Waals surface area contributed by atoms with Crippen molar-refractivity contribution in [1.29, 1.82) is 0 Å². The molecule has 1 aromatic rings. The third-order valence-electron chi connectivity index (χ3n) is 4.47. The van der Waals surface area contributed by atoms with Gasteiger partial charge in [-0.05, 0) is 25.2 Å². The number of nitro groups is 1. The third-order valence-corrected chi connectivity index (χ3v) is 4.47.